The maximum absolute atomic E-state index is 13.4. The van der Waals surface area contributed by atoms with E-state index in [0.29, 0.717) is 17.8 Å². The monoisotopic (exact) mass is 475 g/mol. The fraction of sp³-hybridized carbons (Fsp3) is 0.538. The first-order valence-corrected chi connectivity index (χ1v) is 12.7. The van der Waals surface area contributed by atoms with Gasteiger partial charge in [0.25, 0.3) is 11.5 Å². The van der Waals surface area contributed by atoms with Gasteiger partial charge >= 0.3 is 0 Å². The first-order chi connectivity index (χ1) is 16.9. The zero-order valence-electron chi connectivity index (χ0n) is 19.8. The summed E-state index contributed by atoms with van der Waals surface area (Å²) < 4.78 is 15.9. The highest BCUT2D eigenvalue weighted by atomic mass is 16.5. The molecule has 7 rings (SSSR count). The van der Waals surface area contributed by atoms with E-state index in [4.69, 9.17) is 14.6 Å². The molecule has 0 unspecified atom stereocenters. The summed E-state index contributed by atoms with van der Waals surface area (Å²) in [7, 11) is 0. The van der Waals surface area contributed by atoms with Crippen LogP contribution in [0.25, 0.3) is 11.0 Å². The van der Waals surface area contributed by atoms with E-state index in [0.717, 1.165) is 56.8 Å². The van der Waals surface area contributed by atoms with Crippen LogP contribution in [0.4, 0.5) is 5.69 Å². The maximum Gasteiger partial charge on any atom is 0.274 e. The molecule has 9 nitrogen and oxygen atoms in total. The molecule has 182 valence electrons. The van der Waals surface area contributed by atoms with Crippen LogP contribution in [0.15, 0.2) is 35.4 Å². The predicted molar refractivity (Wildman–Crippen MR) is 129 cm³/mol. The Morgan fingerprint density at radius 2 is 2.11 bits per heavy atom. The molecule has 9 heteroatoms. The largest absolute Gasteiger partial charge is 0.474 e. The van der Waals surface area contributed by atoms with Gasteiger partial charge in [-0.1, -0.05) is 0 Å². The molecule has 1 amide bonds. The Hall–Kier alpha value is -3.20. The van der Waals surface area contributed by atoms with E-state index in [1.807, 2.05) is 10.9 Å². The quantitative estimate of drug-likeness (QED) is 0.582. The molecule has 2 bridgehead atoms. The first kappa shape index (κ1) is 21.1. The van der Waals surface area contributed by atoms with Gasteiger partial charge in [0.15, 0.2) is 5.65 Å². The van der Waals surface area contributed by atoms with Gasteiger partial charge in [0.2, 0.25) is 5.88 Å². The summed E-state index contributed by atoms with van der Waals surface area (Å²) in [6.45, 7) is 2.80. The van der Waals surface area contributed by atoms with Gasteiger partial charge < -0.3 is 19.4 Å². The average Bonchev–Trinajstić information content (AvgIpc) is 3.34. The molecule has 2 atom stereocenters. The second-order valence-corrected chi connectivity index (χ2v) is 11.0. The number of aromatic nitrogens is 4. The number of anilines is 1. The number of nitrogens with one attached hydrogen (secondary N) is 1. The van der Waals surface area contributed by atoms with Crippen molar-refractivity contribution in [3.63, 3.8) is 0 Å². The van der Waals surface area contributed by atoms with Gasteiger partial charge in [-0.2, -0.15) is 10.1 Å². The number of hydrogen-bond donors (Lipinski definition) is 1. The zero-order chi connectivity index (χ0) is 23.8. The van der Waals surface area contributed by atoms with Crippen molar-refractivity contribution in [1.82, 2.24) is 19.3 Å². The SMILES string of the molecule is C[C@@]12CC[C@@](n3cc4cc(C(=O)Nc5cccn(C6CC6)c5=O)c(OC5CCC5)nc4n3)(CO1)C2. The third-order valence-corrected chi connectivity index (χ3v) is 8.20. The number of ether oxygens (including phenoxy) is 2. The van der Waals surface area contributed by atoms with Gasteiger partial charge in [-0.25, -0.2) is 0 Å². The average molecular weight is 476 g/mol. The van der Waals surface area contributed by atoms with E-state index in [-0.39, 0.29) is 40.4 Å². The molecule has 0 aromatic carbocycles. The molecule has 1 aliphatic heterocycles. The lowest BCUT2D eigenvalue weighted by Gasteiger charge is -2.26. The Balaban J connectivity index is 1.25. The van der Waals surface area contributed by atoms with Crippen LogP contribution in [0.1, 0.15) is 74.7 Å². The lowest BCUT2D eigenvalue weighted by Crippen LogP contribution is -2.33. The highest BCUT2D eigenvalue weighted by molar-refractivity contribution is 6.07. The molecule has 3 saturated carbocycles. The fourth-order valence-corrected chi connectivity index (χ4v) is 5.70. The van der Waals surface area contributed by atoms with E-state index in [9.17, 15) is 9.59 Å². The standard InChI is InChI=1S/C26H29N5O4/c1-25-9-10-26(14-25,15-34-25)31-13-16-12-19(23(28-21(16)29-31)35-18-4-2-5-18)22(32)27-20-6-3-11-30(24(20)33)17-7-8-17/h3,6,11-13,17-18H,2,4-5,7-10,14-15H2,1H3,(H,27,32)/t25-,26-/m0/s1. The molecule has 3 aromatic rings. The minimum absolute atomic E-state index is 0.0507. The van der Waals surface area contributed by atoms with Crippen LogP contribution in [0.2, 0.25) is 0 Å². The second-order valence-electron chi connectivity index (χ2n) is 11.0. The maximum atomic E-state index is 13.4. The van der Waals surface area contributed by atoms with E-state index >= 15 is 0 Å². The van der Waals surface area contributed by atoms with E-state index in [1.54, 1.807) is 29.0 Å². The van der Waals surface area contributed by atoms with Gasteiger partial charge in [0.1, 0.15) is 17.4 Å². The van der Waals surface area contributed by atoms with Gasteiger partial charge in [-0.15, -0.1) is 0 Å². The summed E-state index contributed by atoms with van der Waals surface area (Å²) in [5.41, 5.74) is 0.713. The summed E-state index contributed by atoms with van der Waals surface area (Å²) in [5.74, 6) is -0.122. The third kappa shape index (κ3) is 3.47. The molecule has 4 fully saturated rings. The number of carbonyl (C=O) groups is 1. The molecule has 1 saturated heterocycles. The summed E-state index contributed by atoms with van der Waals surface area (Å²) in [6.07, 6.45) is 11.7. The van der Waals surface area contributed by atoms with Crippen molar-refractivity contribution in [2.75, 3.05) is 11.9 Å². The molecular weight excluding hydrogens is 446 g/mol. The van der Waals surface area contributed by atoms with E-state index in [2.05, 4.69) is 17.2 Å². The summed E-state index contributed by atoms with van der Waals surface area (Å²) in [4.78, 5) is 31.0. The Labute approximate surface area is 202 Å². The smallest absolute Gasteiger partial charge is 0.274 e. The summed E-state index contributed by atoms with van der Waals surface area (Å²) in [6, 6.07) is 5.46. The van der Waals surface area contributed by atoms with Gasteiger partial charge in [-0.05, 0) is 70.1 Å². The first-order valence-electron chi connectivity index (χ1n) is 12.7. The minimum Gasteiger partial charge on any atom is -0.474 e. The second kappa shape index (κ2) is 7.40. The lowest BCUT2D eigenvalue weighted by atomic mass is 9.96. The van der Waals surface area contributed by atoms with Crippen LogP contribution in [-0.4, -0.2) is 43.6 Å². The van der Waals surface area contributed by atoms with Crippen molar-refractivity contribution in [2.45, 2.75) is 81.6 Å². The van der Waals surface area contributed by atoms with E-state index < -0.39 is 5.91 Å². The highest BCUT2D eigenvalue weighted by Gasteiger charge is 2.55. The normalized spacial score (nSPS) is 27.8. The van der Waals surface area contributed by atoms with Crippen LogP contribution in [0.5, 0.6) is 5.88 Å². The van der Waals surface area contributed by atoms with Crippen molar-refractivity contribution in [3.8, 4) is 5.88 Å². The van der Waals surface area contributed by atoms with Crippen LogP contribution < -0.4 is 15.6 Å². The van der Waals surface area contributed by atoms with Crippen LogP contribution >= 0.6 is 0 Å². The molecular formula is C26H29N5O4. The molecule has 4 heterocycles. The summed E-state index contributed by atoms with van der Waals surface area (Å²) >= 11 is 0. The topological polar surface area (TPSA) is 100 Å². The van der Waals surface area contributed by atoms with Crippen molar-refractivity contribution >= 4 is 22.6 Å². The number of amides is 1. The molecule has 4 aliphatic rings. The predicted octanol–water partition coefficient (Wildman–Crippen LogP) is 3.78. The fourth-order valence-electron chi connectivity index (χ4n) is 5.70. The van der Waals surface area contributed by atoms with Gasteiger partial charge in [0.05, 0.1) is 17.7 Å². The lowest BCUT2D eigenvalue weighted by molar-refractivity contribution is -0.0149. The molecule has 1 N–H and O–H groups in total. The van der Waals surface area contributed by atoms with Crippen molar-refractivity contribution in [3.05, 3.63) is 46.5 Å². The van der Waals surface area contributed by atoms with Crippen molar-refractivity contribution in [1.29, 1.82) is 0 Å². The van der Waals surface area contributed by atoms with Gasteiger partial charge in [0, 0.05) is 30.2 Å². The summed E-state index contributed by atoms with van der Waals surface area (Å²) in [5, 5.41) is 8.39. The third-order valence-electron chi connectivity index (χ3n) is 8.20. The molecule has 3 aromatic heterocycles. The number of rotatable bonds is 6. The van der Waals surface area contributed by atoms with Gasteiger partial charge in [-0.3, -0.25) is 14.3 Å². The number of nitrogens with zero attached hydrogens (tertiary/aromatic N) is 4. The number of pyridine rings is 2. The Bertz CT molecular complexity index is 1390. The number of carbonyl (C=O) groups excluding carboxylic acids is 1. The Morgan fingerprint density at radius 1 is 1.26 bits per heavy atom. The van der Waals surface area contributed by atoms with Crippen molar-refractivity contribution < 1.29 is 14.3 Å². The number of fused-ring (bicyclic) bond motifs is 3. The highest BCUT2D eigenvalue weighted by Crippen LogP contribution is 2.51. The Morgan fingerprint density at radius 3 is 2.77 bits per heavy atom. The van der Waals surface area contributed by atoms with Crippen LogP contribution in [-0.2, 0) is 10.3 Å². The number of hydrogen-bond acceptors (Lipinski definition) is 6. The van der Waals surface area contributed by atoms with Crippen LogP contribution in [0.3, 0.4) is 0 Å². The minimum atomic E-state index is -0.400. The molecule has 0 radical (unpaired) electrons. The molecule has 0 spiro atoms. The Kier molecular flexibility index (Phi) is 4.46. The molecule has 35 heavy (non-hydrogen) atoms. The molecule has 3 aliphatic carbocycles. The van der Waals surface area contributed by atoms with Crippen molar-refractivity contribution in [2.24, 2.45) is 0 Å². The van der Waals surface area contributed by atoms with E-state index in [1.165, 1.54) is 0 Å². The zero-order valence-corrected chi connectivity index (χ0v) is 19.8. The van der Waals surface area contributed by atoms with Crippen LogP contribution in [0, 0.1) is 0 Å².